The molecule has 3 rings (SSSR count). The highest BCUT2D eigenvalue weighted by Crippen LogP contribution is 2.30. The Labute approximate surface area is 121 Å². The Bertz CT molecular complexity index is 702. The molecule has 0 saturated heterocycles. The smallest absolute Gasteiger partial charge is 0.255 e. The number of halogens is 1. The number of phenols is 1. The maximum absolute atomic E-state index is 13.2. The van der Waals surface area contributed by atoms with E-state index in [0.717, 1.165) is 29.3 Å². The van der Waals surface area contributed by atoms with Gasteiger partial charge in [0.2, 0.25) is 0 Å². The number of hydrogen-bond acceptors (Lipinski definition) is 3. The molecule has 2 unspecified atom stereocenters. The van der Waals surface area contributed by atoms with Crippen LogP contribution in [-0.2, 0) is 6.42 Å². The zero-order valence-corrected chi connectivity index (χ0v) is 11.2. The molecule has 2 aromatic carbocycles. The molecule has 0 heterocycles. The van der Waals surface area contributed by atoms with Gasteiger partial charge in [0.05, 0.1) is 11.6 Å². The minimum absolute atomic E-state index is 0.0911. The standard InChI is InChI=1S/C16H15FN2O2/c17-10-5-6-14(20)12(8-10)16(21)19-15-11-4-2-1-3-9(11)7-13(15)18/h1-6,8,13,15,20H,7,18H2,(H,19,21). The fraction of sp³-hybridized carbons (Fsp3) is 0.188. The highest BCUT2D eigenvalue weighted by molar-refractivity contribution is 5.97. The van der Waals surface area contributed by atoms with Crippen molar-refractivity contribution >= 4 is 5.91 Å². The van der Waals surface area contributed by atoms with E-state index in [9.17, 15) is 14.3 Å². The lowest BCUT2D eigenvalue weighted by Gasteiger charge is -2.19. The summed E-state index contributed by atoms with van der Waals surface area (Å²) in [7, 11) is 0. The summed E-state index contributed by atoms with van der Waals surface area (Å²) in [4.78, 5) is 12.2. The molecule has 0 fully saturated rings. The number of benzene rings is 2. The highest BCUT2D eigenvalue weighted by atomic mass is 19.1. The van der Waals surface area contributed by atoms with Crippen LogP contribution in [0.5, 0.6) is 5.75 Å². The van der Waals surface area contributed by atoms with E-state index in [-0.39, 0.29) is 23.4 Å². The highest BCUT2D eigenvalue weighted by Gasteiger charge is 2.31. The molecule has 5 heteroatoms. The van der Waals surface area contributed by atoms with Gasteiger partial charge in [0.1, 0.15) is 11.6 Å². The molecular weight excluding hydrogens is 271 g/mol. The molecule has 1 aliphatic carbocycles. The van der Waals surface area contributed by atoms with Crippen molar-refractivity contribution in [3.63, 3.8) is 0 Å². The molecule has 4 N–H and O–H groups in total. The molecule has 2 aromatic rings. The molecule has 0 aliphatic heterocycles. The largest absolute Gasteiger partial charge is 0.507 e. The van der Waals surface area contributed by atoms with Gasteiger partial charge >= 0.3 is 0 Å². The molecule has 0 aromatic heterocycles. The van der Waals surface area contributed by atoms with Crippen LogP contribution in [0.4, 0.5) is 4.39 Å². The van der Waals surface area contributed by atoms with Gasteiger partial charge < -0.3 is 16.2 Å². The van der Waals surface area contributed by atoms with E-state index in [4.69, 9.17) is 5.73 Å². The lowest BCUT2D eigenvalue weighted by molar-refractivity contribution is 0.0930. The van der Waals surface area contributed by atoms with Gasteiger partial charge in [0, 0.05) is 6.04 Å². The van der Waals surface area contributed by atoms with Crippen LogP contribution in [0.15, 0.2) is 42.5 Å². The van der Waals surface area contributed by atoms with Crippen molar-refractivity contribution in [3.8, 4) is 5.75 Å². The van der Waals surface area contributed by atoms with Gasteiger partial charge in [-0.05, 0) is 35.7 Å². The molecule has 0 radical (unpaired) electrons. The third-order valence-electron chi connectivity index (χ3n) is 3.76. The monoisotopic (exact) mass is 286 g/mol. The van der Waals surface area contributed by atoms with Crippen LogP contribution in [0.2, 0.25) is 0 Å². The van der Waals surface area contributed by atoms with E-state index in [0.29, 0.717) is 6.42 Å². The summed E-state index contributed by atoms with van der Waals surface area (Å²) in [5.41, 5.74) is 8.04. The average Bonchev–Trinajstić information content (AvgIpc) is 2.78. The molecule has 2 atom stereocenters. The van der Waals surface area contributed by atoms with Gasteiger partial charge in [-0.25, -0.2) is 4.39 Å². The van der Waals surface area contributed by atoms with E-state index >= 15 is 0 Å². The van der Waals surface area contributed by atoms with Crippen LogP contribution >= 0.6 is 0 Å². The second-order valence-corrected chi connectivity index (χ2v) is 5.18. The van der Waals surface area contributed by atoms with Gasteiger partial charge in [0.25, 0.3) is 5.91 Å². The topological polar surface area (TPSA) is 75.3 Å². The predicted molar refractivity (Wildman–Crippen MR) is 76.4 cm³/mol. The molecule has 21 heavy (non-hydrogen) atoms. The Morgan fingerprint density at radius 3 is 2.86 bits per heavy atom. The summed E-state index contributed by atoms with van der Waals surface area (Å²) >= 11 is 0. The quantitative estimate of drug-likeness (QED) is 0.789. The van der Waals surface area contributed by atoms with E-state index in [1.807, 2.05) is 24.3 Å². The summed E-state index contributed by atoms with van der Waals surface area (Å²) in [6.07, 6.45) is 0.677. The minimum Gasteiger partial charge on any atom is -0.507 e. The van der Waals surface area contributed by atoms with Crippen LogP contribution in [0.3, 0.4) is 0 Å². The van der Waals surface area contributed by atoms with Crippen molar-refractivity contribution in [1.82, 2.24) is 5.32 Å². The van der Waals surface area contributed by atoms with Crippen molar-refractivity contribution < 1.29 is 14.3 Å². The maximum Gasteiger partial charge on any atom is 0.255 e. The molecule has 1 amide bonds. The van der Waals surface area contributed by atoms with Crippen LogP contribution < -0.4 is 11.1 Å². The number of amides is 1. The number of hydrogen-bond donors (Lipinski definition) is 3. The summed E-state index contributed by atoms with van der Waals surface area (Å²) in [5, 5.41) is 12.5. The van der Waals surface area contributed by atoms with Gasteiger partial charge in [-0.1, -0.05) is 24.3 Å². The Morgan fingerprint density at radius 1 is 1.29 bits per heavy atom. The SMILES string of the molecule is NC1Cc2ccccc2C1NC(=O)c1cc(F)ccc1O. The average molecular weight is 286 g/mol. The molecule has 0 spiro atoms. The number of phenolic OH excluding ortho intramolecular Hbond substituents is 1. The van der Waals surface area contributed by atoms with E-state index in [1.54, 1.807) is 0 Å². The third-order valence-corrected chi connectivity index (χ3v) is 3.76. The van der Waals surface area contributed by atoms with Gasteiger partial charge in [0.15, 0.2) is 0 Å². The van der Waals surface area contributed by atoms with Crippen LogP contribution in [0, 0.1) is 5.82 Å². The lowest BCUT2D eigenvalue weighted by atomic mass is 10.1. The first kappa shape index (κ1) is 13.6. The van der Waals surface area contributed by atoms with Crippen LogP contribution in [0.1, 0.15) is 27.5 Å². The van der Waals surface area contributed by atoms with Crippen molar-refractivity contribution in [2.75, 3.05) is 0 Å². The number of nitrogens with one attached hydrogen (secondary N) is 1. The zero-order chi connectivity index (χ0) is 15.0. The molecule has 4 nitrogen and oxygen atoms in total. The first-order valence-corrected chi connectivity index (χ1v) is 6.69. The number of nitrogens with two attached hydrogens (primary N) is 1. The van der Waals surface area contributed by atoms with E-state index < -0.39 is 11.7 Å². The van der Waals surface area contributed by atoms with Gasteiger partial charge in [-0.3, -0.25) is 4.79 Å². The molecule has 108 valence electrons. The summed E-state index contributed by atoms with van der Waals surface area (Å²) < 4.78 is 13.2. The molecule has 0 bridgehead atoms. The maximum atomic E-state index is 13.2. The lowest BCUT2D eigenvalue weighted by Crippen LogP contribution is -2.38. The van der Waals surface area contributed by atoms with E-state index in [2.05, 4.69) is 5.32 Å². The fourth-order valence-corrected chi connectivity index (χ4v) is 2.72. The Balaban J connectivity index is 1.87. The van der Waals surface area contributed by atoms with Crippen LogP contribution in [0.25, 0.3) is 0 Å². The summed E-state index contributed by atoms with van der Waals surface area (Å²) in [5.74, 6) is -1.37. The predicted octanol–water partition coefficient (Wildman–Crippen LogP) is 1.89. The summed E-state index contributed by atoms with van der Waals surface area (Å²) in [6, 6.07) is 10.4. The van der Waals surface area contributed by atoms with Crippen molar-refractivity contribution in [3.05, 3.63) is 65.0 Å². The minimum atomic E-state index is -0.575. The van der Waals surface area contributed by atoms with Crippen molar-refractivity contribution in [1.29, 1.82) is 0 Å². The first-order chi connectivity index (χ1) is 10.1. The van der Waals surface area contributed by atoms with Crippen molar-refractivity contribution in [2.24, 2.45) is 5.73 Å². The zero-order valence-electron chi connectivity index (χ0n) is 11.2. The van der Waals surface area contributed by atoms with Gasteiger partial charge in [-0.2, -0.15) is 0 Å². The second-order valence-electron chi connectivity index (χ2n) is 5.18. The third kappa shape index (κ3) is 2.48. The number of fused-ring (bicyclic) bond motifs is 1. The number of aromatic hydroxyl groups is 1. The second kappa shape index (κ2) is 5.18. The van der Waals surface area contributed by atoms with Gasteiger partial charge in [-0.15, -0.1) is 0 Å². The number of rotatable bonds is 2. The molecule has 1 aliphatic rings. The van der Waals surface area contributed by atoms with Crippen molar-refractivity contribution in [2.45, 2.75) is 18.5 Å². The van der Waals surface area contributed by atoms with Crippen LogP contribution in [-0.4, -0.2) is 17.1 Å². The Kier molecular flexibility index (Phi) is 3.35. The molecular formula is C16H15FN2O2. The summed E-state index contributed by atoms with van der Waals surface area (Å²) in [6.45, 7) is 0. The fourth-order valence-electron chi connectivity index (χ4n) is 2.72. The molecule has 0 saturated carbocycles. The Hall–Kier alpha value is -2.40. The first-order valence-electron chi connectivity index (χ1n) is 6.69. The normalized spacial score (nSPS) is 20.1. The Morgan fingerprint density at radius 2 is 2.05 bits per heavy atom. The number of carbonyl (C=O) groups excluding carboxylic acids is 1. The van der Waals surface area contributed by atoms with E-state index in [1.165, 1.54) is 0 Å². The number of carbonyl (C=O) groups is 1.